The van der Waals surface area contributed by atoms with E-state index in [0.717, 1.165) is 29.0 Å². The summed E-state index contributed by atoms with van der Waals surface area (Å²) in [5, 5.41) is 0. The highest BCUT2D eigenvalue weighted by molar-refractivity contribution is 5.66. The van der Waals surface area contributed by atoms with Gasteiger partial charge in [0.25, 0.3) is 0 Å². The molecule has 2 N–H and O–H groups in total. The van der Waals surface area contributed by atoms with E-state index in [2.05, 4.69) is 6.58 Å². The minimum absolute atomic E-state index is 0.605. The molecule has 0 spiro atoms. The summed E-state index contributed by atoms with van der Waals surface area (Å²) in [4.78, 5) is 0. The van der Waals surface area contributed by atoms with Crippen molar-refractivity contribution in [1.82, 2.24) is 0 Å². The Hall–Kier alpha value is -1.74. The fraction of sp³-hybridized carbons (Fsp3) is 0.286. The van der Waals surface area contributed by atoms with Gasteiger partial charge in [-0.25, -0.2) is 0 Å². The van der Waals surface area contributed by atoms with Gasteiger partial charge in [-0.05, 0) is 36.7 Å². The predicted octanol–water partition coefficient (Wildman–Crippen LogP) is 2.40. The van der Waals surface area contributed by atoms with E-state index in [1.165, 1.54) is 0 Å². The van der Waals surface area contributed by atoms with E-state index in [1.54, 1.807) is 20.3 Å². The molecule has 0 amide bonds. The van der Waals surface area contributed by atoms with Crippen LogP contribution in [-0.4, -0.2) is 20.8 Å². The van der Waals surface area contributed by atoms with E-state index < -0.39 is 0 Å². The number of rotatable bonds is 6. The molecule has 0 unspecified atom stereocenters. The number of ether oxygens (including phenoxy) is 2. The van der Waals surface area contributed by atoms with Gasteiger partial charge >= 0.3 is 0 Å². The maximum Gasteiger partial charge on any atom is 0.130 e. The molecule has 0 aromatic heterocycles. The van der Waals surface area contributed by atoms with Crippen LogP contribution in [0.15, 0.2) is 30.9 Å². The van der Waals surface area contributed by atoms with Crippen LogP contribution in [0.3, 0.4) is 0 Å². The van der Waals surface area contributed by atoms with E-state index in [9.17, 15) is 0 Å². The molecule has 0 aliphatic rings. The largest absolute Gasteiger partial charge is 0.496 e. The fourth-order valence-electron chi connectivity index (χ4n) is 1.63. The Kier molecular flexibility index (Phi) is 5.30. The van der Waals surface area contributed by atoms with Crippen molar-refractivity contribution in [2.75, 3.05) is 20.8 Å². The van der Waals surface area contributed by atoms with Gasteiger partial charge in [0, 0.05) is 0 Å². The first-order chi connectivity index (χ1) is 8.26. The van der Waals surface area contributed by atoms with Gasteiger partial charge in [0.15, 0.2) is 0 Å². The highest BCUT2D eigenvalue weighted by atomic mass is 16.5. The zero-order valence-electron chi connectivity index (χ0n) is 10.4. The van der Waals surface area contributed by atoms with Crippen LogP contribution in [0.1, 0.15) is 11.1 Å². The number of hydrogen-bond acceptors (Lipinski definition) is 3. The summed E-state index contributed by atoms with van der Waals surface area (Å²) >= 11 is 0. The molecule has 1 rings (SSSR count). The molecule has 0 saturated heterocycles. The van der Waals surface area contributed by atoms with Gasteiger partial charge in [0.1, 0.15) is 11.5 Å². The first-order valence-corrected chi connectivity index (χ1v) is 5.50. The van der Waals surface area contributed by atoms with Crippen LogP contribution in [0.25, 0.3) is 6.08 Å². The Morgan fingerprint density at radius 3 is 2.24 bits per heavy atom. The van der Waals surface area contributed by atoms with Gasteiger partial charge in [-0.3, -0.25) is 0 Å². The molecule has 3 heteroatoms. The smallest absolute Gasteiger partial charge is 0.130 e. The van der Waals surface area contributed by atoms with E-state index in [1.807, 2.05) is 24.3 Å². The molecule has 0 aliphatic heterocycles. The van der Waals surface area contributed by atoms with Crippen LogP contribution in [0, 0.1) is 0 Å². The fourth-order valence-corrected chi connectivity index (χ4v) is 1.63. The molecule has 92 valence electrons. The second-order valence-electron chi connectivity index (χ2n) is 3.55. The minimum atomic E-state index is 0.605. The van der Waals surface area contributed by atoms with E-state index >= 15 is 0 Å². The summed E-state index contributed by atoms with van der Waals surface area (Å²) in [6.07, 6.45) is 6.28. The summed E-state index contributed by atoms with van der Waals surface area (Å²) in [6.45, 7) is 4.25. The molecule has 0 radical (unpaired) electrons. The topological polar surface area (TPSA) is 44.5 Å². The summed E-state index contributed by atoms with van der Waals surface area (Å²) in [5.74, 6) is 1.57. The molecule has 0 atom stereocenters. The Bertz CT molecular complexity index is 386. The van der Waals surface area contributed by atoms with Crippen LogP contribution < -0.4 is 15.2 Å². The van der Waals surface area contributed by atoms with E-state index in [4.69, 9.17) is 15.2 Å². The molecule has 0 heterocycles. The van der Waals surface area contributed by atoms with Crippen molar-refractivity contribution in [2.45, 2.75) is 6.42 Å². The van der Waals surface area contributed by atoms with Crippen molar-refractivity contribution in [2.24, 2.45) is 5.73 Å². The molecular weight excluding hydrogens is 214 g/mol. The second-order valence-corrected chi connectivity index (χ2v) is 3.55. The summed E-state index contributed by atoms with van der Waals surface area (Å²) in [6, 6.07) is 3.97. The normalized spacial score (nSPS) is 10.5. The lowest BCUT2D eigenvalue weighted by Gasteiger charge is -2.12. The van der Waals surface area contributed by atoms with Gasteiger partial charge in [-0.15, -0.1) is 0 Å². The third kappa shape index (κ3) is 3.36. The van der Waals surface area contributed by atoms with Crippen LogP contribution in [-0.2, 0) is 6.42 Å². The lowest BCUT2D eigenvalue weighted by atomic mass is 10.1. The van der Waals surface area contributed by atoms with E-state index in [-0.39, 0.29) is 0 Å². The molecular formula is C14H19NO2. The highest BCUT2D eigenvalue weighted by Crippen LogP contribution is 2.31. The third-order valence-corrected chi connectivity index (χ3v) is 2.44. The zero-order valence-corrected chi connectivity index (χ0v) is 10.4. The van der Waals surface area contributed by atoms with Gasteiger partial charge in [-0.2, -0.15) is 0 Å². The molecule has 17 heavy (non-hydrogen) atoms. The minimum Gasteiger partial charge on any atom is -0.496 e. The van der Waals surface area contributed by atoms with Crippen LogP contribution in [0.5, 0.6) is 11.5 Å². The zero-order chi connectivity index (χ0) is 12.7. The monoisotopic (exact) mass is 233 g/mol. The number of nitrogens with two attached hydrogens (primary N) is 1. The Balaban J connectivity index is 3.25. The van der Waals surface area contributed by atoms with Gasteiger partial charge in [0.2, 0.25) is 0 Å². The third-order valence-electron chi connectivity index (χ3n) is 2.44. The number of benzene rings is 1. The maximum absolute atomic E-state index is 5.55. The van der Waals surface area contributed by atoms with Crippen molar-refractivity contribution in [3.63, 3.8) is 0 Å². The highest BCUT2D eigenvalue weighted by Gasteiger charge is 2.09. The molecule has 3 nitrogen and oxygen atoms in total. The van der Waals surface area contributed by atoms with Gasteiger partial charge in [0.05, 0.1) is 19.8 Å². The SMILES string of the molecule is C=C/C=C\c1c(OC)cc(CCN)cc1OC. The van der Waals surface area contributed by atoms with Crippen molar-refractivity contribution >= 4 is 6.08 Å². The van der Waals surface area contributed by atoms with Crippen LogP contribution in [0.2, 0.25) is 0 Å². The van der Waals surface area contributed by atoms with E-state index in [0.29, 0.717) is 6.54 Å². The van der Waals surface area contributed by atoms with Crippen molar-refractivity contribution in [1.29, 1.82) is 0 Å². The Morgan fingerprint density at radius 2 is 1.82 bits per heavy atom. The summed E-state index contributed by atoms with van der Waals surface area (Å²) < 4.78 is 10.7. The average molecular weight is 233 g/mol. The number of methoxy groups -OCH3 is 2. The summed E-state index contributed by atoms with van der Waals surface area (Å²) in [7, 11) is 3.29. The maximum atomic E-state index is 5.55. The second kappa shape index (κ2) is 6.76. The average Bonchev–Trinajstić information content (AvgIpc) is 2.36. The molecule has 0 saturated carbocycles. The quantitative estimate of drug-likeness (QED) is 0.767. The predicted molar refractivity (Wildman–Crippen MR) is 71.5 cm³/mol. The lowest BCUT2D eigenvalue weighted by Crippen LogP contribution is -2.04. The van der Waals surface area contributed by atoms with Crippen molar-refractivity contribution in [3.8, 4) is 11.5 Å². The van der Waals surface area contributed by atoms with Gasteiger partial charge in [-0.1, -0.05) is 18.7 Å². The molecule has 1 aromatic rings. The molecule has 0 fully saturated rings. The molecule has 0 aliphatic carbocycles. The van der Waals surface area contributed by atoms with Crippen LogP contribution in [0.4, 0.5) is 0 Å². The van der Waals surface area contributed by atoms with Crippen LogP contribution >= 0.6 is 0 Å². The van der Waals surface area contributed by atoms with Crippen molar-refractivity contribution in [3.05, 3.63) is 42.0 Å². The standard InChI is InChI=1S/C14H19NO2/c1-4-5-6-12-13(16-2)9-11(7-8-15)10-14(12)17-3/h4-6,9-10H,1,7-8,15H2,2-3H3/b6-5-. The molecule has 0 bridgehead atoms. The Labute approximate surface area is 103 Å². The Morgan fingerprint density at radius 1 is 1.24 bits per heavy atom. The lowest BCUT2D eigenvalue weighted by molar-refractivity contribution is 0.391. The first kappa shape index (κ1) is 13.3. The number of allylic oxidation sites excluding steroid dienone is 2. The number of hydrogen-bond donors (Lipinski definition) is 1. The first-order valence-electron chi connectivity index (χ1n) is 5.50. The van der Waals surface area contributed by atoms with Gasteiger partial charge < -0.3 is 15.2 Å². The summed E-state index contributed by atoms with van der Waals surface area (Å²) in [5.41, 5.74) is 7.57. The molecule has 1 aromatic carbocycles. The van der Waals surface area contributed by atoms with Crippen molar-refractivity contribution < 1.29 is 9.47 Å².